The van der Waals surface area contributed by atoms with Crippen molar-refractivity contribution in [3.63, 3.8) is 0 Å². The van der Waals surface area contributed by atoms with Crippen LogP contribution in [0.3, 0.4) is 0 Å². The van der Waals surface area contributed by atoms with Crippen LogP contribution in [0.4, 0.5) is 0 Å². The number of nitrogens with two attached hydrogens (primary N) is 1. The Hall–Kier alpha value is -0.870. The Morgan fingerprint density at radius 2 is 2.12 bits per heavy atom. The monoisotopic (exact) mass is 284 g/mol. The van der Waals surface area contributed by atoms with E-state index in [4.69, 9.17) is 5.73 Å². The predicted octanol–water partition coefficient (Wildman–Crippen LogP) is 2.15. The molecule has 3 nitrogen and oxygen atoms in total. The Kier molecular flexibility index (Phi) is 5.49. The average molecular weight is 285 g/mol. The van der Waals surface area contributed by atoms with Crippen molar-refractivity contribution in [3.05, 3.63) is 34.3 Å². The molecule has 0 saturated carbocycles. The van der Waals surface area contributed by atoms with Crippen LogP contribution < -0.4 is 5.73 Å². The molecule has 0 radical (unpaired) electrons. The number of hydrogen-bond donors (Lipinski definition) is 1. The zero-order valence-electron chi connectivity index (χ0n) is 9.45. The van der Waals surface area contributed by atoms with Gasteiger partial charge >= 0.3 is 0 Å². The summed E-state index contributed by atoms with van der Waals surface area (Å²) >= 11 is 3.47. The van der Waals surface area contributed by atoms with Crippen molar-refractivity contribution in [2.45, 2.75) is 19.4 Å². The highest BCUT2D eigenvalue weighted by atomic mass is 79.9. The van der Waals surface area contributed by atoms with E-state index < -0.39 is 0 Å². The minimum atomic E-state index is 0.140. The minimum Gasteiger partial charge on any atom is -0.341 e. The lowest BCUT2D eigenvalue weighted by Gasteiger charge is -2.17. The van der Waals surface area contributed by atoms with E-state index in [-0.39, 0.29) is 5.91 Å². The maximum Gasteiger partial charge on any atom is 0.222 e. The van der Waals surface area contributed by atoms with Crippen molar-refractivity contribution in [1.29, 1.82) is 0 Å². The van der Waals surface area contributed by atoms with Crippen LogP contribution in [0.5, 0.6) is 0 Å². The van der Waals surface area contributed by atoms with Crippen LogP contribution in [0.15, 0.2) is 28.7 Å². The first-order valence-electron chi connectivity index (χ1n) is 5.32. The number of benzene rings is 1. The third kappa shape index (κ3) is 3.94. The number of amides is 1. The van der Waals surface area contributed by atoms with Crippen molar-refractivity contribution in [1.82, 2.24) is 4.90 Å². The van der Waals surface area contributed by atoms with Gasteiger partial charge in [-0.25, -0.2) is 0 Å². The third-order valence-electron chi connectivity index (χ3n) is 2.39. The lowest BCUT2D eigenvalue weighted by atomic mass is 10.2. The Labute approximate surface area is 105 Å². The van der Waals surface area contributed by atoms with Gasteiger partial charge in [0.25, 0.3) is 0 Å². The second-order valence-corrected chi connectivity index (χ2v) is 4.59. The van der Waals surface area contributed by atoms with Crippen LogP contribution in [-0.2, 0) is 11.3 Å². The molecular weight excluding hydrogens is 268 g/mol. The Bertz CT molecular complexity index is 355. The number of carbonyl (C=O) groups excluding carboxylic acids is 1. The van der Waals surface area contributed by atoms with Gasteiger partial charge in [-0.15, -0.1) is 0 Å². The van der Waals surface area contributed by atoms with Gasteiger partial charge in [-0.1, -0.05) is 34.1 Å². The van der Waals surface area contributed by atoms with E-state index in [0.29, 0.717) is 19.5 Å². The quantitative estimate of drug-likeness (QED) is 0.901. The van der Waals surface area contributed by atoms with Crippen LogP contribution in [0.1, 0.15) is 18.4 Å². The van der Waals surface area contributed by atoms with Gasteiger partial charge in [0, 0.05) is 24.5 Å². The van der Waals surface area contributed by atoms with Gasteiger partial charge in [0.2, 0.25) is 5.91 Å². The van der Waals surface area contributed by atoms with Crippen molar-refractivity contribution >= 4 is 21.8 Å². The fraction of sp³-hybridized carbons (Fsp3) is 0.417. The van der Waals surface area contributed by atoms with Gasteiger partial charge in [0.1, 0.15) is 0 Å². The Morgan fingerprint density at radius 3 is 2.75 bits per heavy atom. The smallest absolute Gasteiger partial charge is 0.222 e. The molecule has 0 bridgehead atoms. The highest BCUT2D eigenvalue weighted by Crippen LogP contribution is 2.17. The lowest BCUT2D eigenvalue weighted by molar-refractivity contribution is -0.130. The van der Waals surface area contributed by atoms with Gasteiger partial charge < -0.3 is 10.6 Å². The first-order valence-corrected chi connectivity index (χ1v) is 6.12. The SMILES string of the molecule is CN(Cc1ccccc1Br)C(=O)CCCN. The van der Waals surface area contributed by atoms with Crippen LogP contribution in [0.2, 0.25) is 0 Å². The Morgan fingerprint density at radius 1 is 1.44 bits per heavy atom. The van der Waals surface area contributed by atoms with E-state index in [1.54, 1.807) is 4.90 Å². The lowest BCUT2D eigenvalue weighted by Crippen LogP contribution is -2.26. The molecule has 0 aliphatic heterocycles. The molecule has 0 atom stereocenters. The summed E-state index contributed by atoms with van der Waals surface area (Å²) in [4.78, 5) is 13.4. The first kappa shape index (κ1) is 13.2. The highest BCUT2D eigenvalue weighted by Gasteiger charge is 2.09. The molecule has 1 aromatic carbocycles. The predicted molar refractivity (Wildman–Crippen MR) is 68.9 cm³/mol. The van der Waals surface area contributed by atoms with Crippen LogP contribution >= 0.6 is 15.9 Å². The molecule has 1 rings (SSSR count). The van der Waals surface area contributed by atoms with Gasteiger partial charge in [-0.2, -0.15) is 0 Å². The van der Waals surface area contributed by atoms with E-state index in [1.165, 1.54) is 0 Å². The summed E-state index contributed by atoms with van der Waals surface area (Å²) in [5, 5.41) is 0. The summed E-state index contributed by atoms with van der Waals surface area (Å²) < 4.78 is 1.04. The summed E-state index contributed by atoms with van der Waals surface area (Å²) in [5.41, 5.74) is 6.49. The molecule has 0 saturated heterocycles. The molecule has 0 spiro atoms. The summed E-state index contributed by atoms with van der Waals surface area (Å²) in [6.45, 7) is 1.19. The molecule has 0 unspecified atom stereocenters. The zero-order chi connectivity index (χ0) is 12.0. The van der Waals surface area contributed by atoms with Crippen molar-refractivity contribution in [2.75, 3.05) is 13.6 Å². The largest absolute Gasteiger partial charge is 0.341 e. The molecule has 0 aliphatic rings. The molecule has 16 heavy (non-hydrogen) atoms. The van der Waals surface area contributed by atoms with Crippen molar-refractivity contribution in [2.24, 2.45) is 5.73 Å². The molecule has 0 aliphatic carbocycles. The summed E-state index contributed by atoms with van der Waals surface area (Å²) in [5.74, 6) is 0.140. The molecule has 2 N–H and O–H groups in total. The number of rotatable bonds is 5. The van der Waals surface area contributed by atoms with Crippen LogP contribution in [0, 0.1) is 0 Å². The van der Waals surface area contributed by atoms with E-state index in [0.717, 1.165) is 16.5 Å². The normalized spacial score (nSPS) is 10.2. The second kappa shape index (κ2) is 6.66. The standard InChI is InChI=1S/C12H17BrN2O/c1-15(12(16)7-4-8-14)9-10-5-2-3-6-11(10)13/h2-3,5-6H,4,7-9,14H2,1H3. The van der Waals surface area contributed by atoms with Crippen molar-refractivity contribution < 1.29 is 4.79 Å². The molecule has 4 heteroatoms. The molecular formula is C12H17BrN2O. The zero-order valence-corrected chi connectivity index (χ0v) is 11.0. The molecule has 0 fully saturated rings. The van der Waals surface area contributed by atoms with Gasteiger partial charge in [0.05, 0.1) is 0 Å². The summed E-state index contributed by atoms with van der Waals surface area (Å²) in [6.07, 6.45) is 1.27. The summed E-state index contributed by atoms with van der Waals surface area (Å²) in [6, 6.07) is 7.92. The first-order chi connectivity index (χ1) is 7.65. The number of nitrogens with zero attached hydrogens (tertiary/aromatic N) is 1. The molecule has 88 valence electrons. The van der Waals surface area contributed by atoms with E-state index in [2.05, 4.69) is 15.9 Å². The average Bonchev–Trinajstić information content (AvgIpc) is 2.28. The summed E-state index contributed by atoms with van der Waals surface area (Å²) in [7, 11) is 1.82. The molecule has 1 amide bonds. The third-order valence-corrected chi connectivity index (χ3v) is 3.16. The van der Waals surface area contributed by atoms with E-state index in [1.807, 2.05) is 31.3 Å². The van der Waals surface area contributed by atoms with Gasteiger partial charge in [-0.3, -0.25) is 4.79 Å². The Balaban J connectivity index is 2.54. The van der Waals surface area contributed by atoms with Gasteiger partial charge in [0.15, 0.2) is 0 Å². The van der Waals surface area contributed by atoms with E-state index >= 15 is 0 Å². The number of carbonyl (C=O) groups is 1. The van der Waals surface area contributed by atoms with Crippen LogP contribution in [-0.4, -0.2) is 24.4 Å². The second-order valence-electron chi connectivity index (χ2n) is 3.73. The minimum absolute atomic E-state index is 0.140. The fourth-order valence-electron chi connectivity index (χ4n) is 1.41. The number of halogens is 1. The highest BCUT2D eigenvalue weighted by molar-refractivity contribution is 9.10. The topological polar surface area (TPSA) is 46.3 Å². The van der Waals surface area contributed by atoms with Crippen molar-refractivity contribution in [3.8, 4) is 0 Å². The molecule has 0 aromatic heterocycles. The van der Waals surface area contributed by atoms with Gasteiger partial charge in [-0.05, 0) is 24.6 Å². The molecule has 0 heterocycles. The number of hydrogen-bond acceptors (Lipinski definition) is 2. The van der Waals surface area contributed by atoms with Crippen LogP contribution in [0.25, 0.3) is 0 Å². The fourth-order valence-corrected chi connectivity index (χ4v) is 1.82. The van der Waals surface area contributed by atoms with E-state index in [9.17, 15) is 4.79 Å². The maximum atomic E-state index is 11.7. The molecule has 1 aromatic rings. The maximum absolute atomic E-state index is 11.7.